The molecule has 2 aromatic carbocycles. The van der Waals surface area contributed by atoms with Crippen LogP contribution in [0.25, 0.3) is 0 Å². The summed E-state index contributed by atoms with van der Waals surface area (Å²) in [5.74, 6) is 0.614. The van der Waals surface area contributed by atoms with Crippen LogP contribution in [0.15, 0.2) is 42.5 Å². The second-order valence-electron chi connectivity index (χ2n) is 6.88. The molecule has 2 aromatic rings. The Morgan fingerprint density at radius 3 is 2.41 bits per heavy atom. The number of hydrogen-bond donors (Lipinski definition) is 0. The fourth-order valence-corrected chi connectivity index (χ4v) is 3.68. The number of likely N-dealkylation sites (tertiary alicyclic amines) is 1. The lowest BCUT2D eigenvalue weighted by Crippen LogP contribution is -2.34. The van der Waals surface area contributed by atoms with Crippen molar-refractivity contribution in [1.82, 2.24) is 4.90 Å². The normalized spacial score (nSPS) is 17.0. The third-order valence-corrected chi connectivity index (χ3v) is 5.14. The Hall–Kier alpha value is -2.83. The van der Waals surface area contributed by atoms with Crippen LogP contribution in [0.2, 0.25) is 0 Å². The van der Waals surface area contributed by atoms with Crippen molar-refractivity contribution in [2.75, 3.05) is 20.8 Å². The molecule has 3 rings (SSSR count). The average molecular weight is 405 g/mol. The number of rotatable bonds is 6. The average Bonchev–Trinajstić information content (AvgIpc) is 2.99. The van der Waals surface area contributed by atoms with E-state index >= 15 is 0 Å². The third-order valence-electron chi connectivity index (χ3n) is 5.14. The lowest BCUT2D eigenvalue weighted by atomic mass is 10.00. The van der Waals surface area contributed by atoms with Crippen molar-refractivity contribution in [1.29, 1.82) is 0 Å². The molecule has 1 atom stereocenters. The zero-order valence-electron chi connectivity index (χ0n) is 16.6. The van der Waals surface area contributed by atoms with E-state index in [1.165, 1.54) is 25.3 Å². The van der Waals surface area contributed by atoms with E-state index in [-0.39, 0.29) is 23.4 Å². The summed E-state index contributed by atoms with van der Waals surface area (Å²) in [6, 6.07) is 12.0. The predicted octanol–water partition coefficient (Wildman–Crippen LogP) is 5.06. The molecule has 7 heteroatoms. The molecule has 0 aromatic heterocycles. The summed E-state index contributed by atoms with van der Waals surface area (Å²) in [5.41, 5.74) is 1.43. The number of alkyl halides is 2. The molecule has 1 amide bonds. The van der Waals surface area contributed by atoms with Gasteiger partial charge >= 0.3 is 6.61 Å². The Kier molecular flexibility index (Phi) is 6.90. The zero-order valence-corrected chi connectivity index (χ0v) is 16.6. The Morgan fingerprint density at radius 2 is 1.76 bits per heavy atom. The standard InChI is InChI=1S/C22H25F2NO4/c1-27-17-10-7-15(8-11-17)18-6-4-3-5-13-25(18)21(26)16-9-12-19(29-22(23)24)20(14-16)28-2/h7-12,14,18,22H,3-6,13H2,1-2H3/t18-/m1/s1. The van der Waals surface area contributed by atoms with Crippen molar-refractivity contribution in [2.24, 2.45) is 0 Å². The number of carbonyl (C=O) groups excluding carboxylic acids is 1. The van der Waals surface area contributed by atoms with Crippen LogP contribution in [0, 0.1) is 0 Å². The second kappa shape index (κ2) is 9.58. The molecule has 5 nitrogen and oxygen atoms in total. The van der Waals surface area contributed by atoms with E-state index in [0.29, 0.717) is 12.1 Å². The van der Waals surface area contributed by atoms with Gasteiger partial charge in [-0.15, -0.1) is 0 Å². The van der Waals surface area contributed by atoms with E-state index in [1.807, 2.05) is 29.2 Å². The summed E-state index contributed by atoms with van der Waals surface area (Å²) in [5, 5.41) is 0. The Balaban J connectivity index is 1.89. The number of carbonyl (C=O) groups is 1. The van der Waals surface area contributed by atoms with E-state index in [2.05, 4.69) is 4.74 Å². The molecular weight excluding hydrogens is 380 g/mol. The Morgan fingerprint density at radius 1 is 1.00 bits per heavy atom. The lowest BCUT2D eigenvalue weighted by Gasteiger charge is -2.31. The van der Waals surface area contributed by atoms with Gasteiger partial charge in [-0.2, -0.15) is 8.78 Å². The lowest BCUT2D eigenvalue weighted by molar-refractivity contribution is -0.0512. The number of amides is 1. The third kappa shape index (κ3) is 4.96. The SMILES string of the molecule is COc1ccc([C@H]2CCCCCN2C(=O)c2ccc(OC(F)F)c(OC)c2)cc1. The van der Waals surface area contributed by atoms with Crippen LogP contribution >= 0.6 is 0 Å². The molecule has 0 radical (unpaired) electrons. The van der Waals surface area contributed by atoms with Crippen molar-refractivity contribution in [3.05, 3.63) is 53.6 Å². The van der Waals surface area contributed by atoms with Crippen molar-refractivity contribution < 1.29 is 27.8 Å². The van der Waals surface area contributed by atoms with Gasteiger partial charge in [-0.25, -0.2) is 0 Å². The minimum absolute atomic E-state index is 0.0566. The highest BCUT2D eigenvalue weighted by atomic mass is 19.3. The first kappa shape index (κ1) is 20.9. The molecule has 1 saturated heterocycles. The summed E-state index contributed by atoms with van der Waals surface area (Å²) in [7, 11) is 2.97. The number of methoxy groups -OCH3 is 2. The van der Waals surface area contributed by atoms with Crippen molar-refractivity contribution in [3.8, 4) is 17.2 Å². The molecule has 0 unspecified atom stereocenters. The van der Waals surface area contributed by atoms with Crippen LogP contribution in [0.4, 0.5) is 8.78 Å². The number of halogens is 2. The predicted molar refractivity (Wildman–Crippen MR) is 105 cm³/mol. The van der Waals surface area contributed by atoms with Gasteiger partial charge in [0, 0.05) is 12.1 Å². The smallest absolute Gasteiger partial charge is 0.387 e. The van der Waals surface area contributed by atoms with Crippen LogP contribution in [-0.4, -0.2) is 38.2 Å². The molecule has 0 aliphatic carbocycles. The van der Waals surface area contributed by atoms with Crippen LogP contribution in [0.5, 0.6) is 17.2 Å². The second-order valence-corrected chi connectivity index (χ2v) is 6.88. The van der Waals surface area contributed by atoms with Gasteiger partial charge in [0.05, 0.1) is 20.3 Å². The number of nitrogens with zero attached hydrogens (tertiary/aromatic N) is 1. The van der Waals surface area contributed by atoms with Crippen molar-refractivity contribution >= 4 is 5.91 Å². The molecule has 0 N–H and O–H groups in total. The molecule has 0 spiro atoms. The highest BCUT2D eigenvalue weighted by Gasteiger charge is 2.28. The van der Waals surface area contributed by atoms with Gasteiger partial charge in [-0.05, 0) is 48.7 Å². The maximum absolute atomic E-state index is 13.3. The van der Waals surface area contributed by atoms with E-state index in [9.17, 15) is 13.6 Å². The summed E-state index contributed by atoms with van der Waals surface area (Å²) < 4.78 is 40.0. The fraction of sp³-hybridized carbons (Fsp3) is 0.409. The monoisotopic (exact) mass is 405 g/mol. The summed E-state index contributed by atoms with van der Waals surface area (Å²) in [6.07, 6.45) is 3.87. The van der Waals surface area contributed by atoms with Crippen molar-refractivity contribution in [3.63, 3.8) is 0 Å². The molecule has 1 fully saturated rings. The van der Waals surface area contributed by atoms with Crippen LogP contribution in [0.3, 0.4) is 0 Å². The number of hydrogen-bond acceptors (Lipinski definition) is 4. The van der Waals surface area contributed by atoms with E-state index in [1.54, 1.807) is 7.11 Å². The molecular formula is C22H25F2NO4. The van der Waals surface area contributed by atoms with Crippen LogP contribution < -0.4 is 14.2 Å². The Bertz CT molecular complexity index is 826. The summed E-state index contributed by atoms with van der Waals surface area (Å²) >= 11 is 0. The topological polar surface area (TPSA) is 48.0 Å². The molecule has 1 heterocycles. The molecule has 1 aliphatic rings. The van der Waals surface area contributed by atoms with Crippen LogP contribution in [-0.2, 0) is 0 Å². The number of ether oxygens (including phenoxy) is 3. The fourth-order valence-electron chi connectivity index (χ4n) is 3.68. The highest BCUT2D eigenvalue weighted by Crippen LogP contribution is 2.34. The first-order valence-corrected chi connectivity index (χ1v) is 9.61. The van der Waals surface area contributed by atoms with Gasteiger partial charge in [-0.1, -0.05) is 25.0 Å². The first-order valence-electron chi connectivity index (χ1n) is 9.61. The minimum atomic E-state index is -2.96. The van der Waals surface area contributed by atoms with Crippen LogP contribution in [0.1, 0.15) is 47.6 Å². The molecule has 156 valence electrons. The van der Waals surface area contributed by atoms with Gasteiger partial charge in [0.1, 0.15) is 5.75 Å². The Labute approximate surface area is 169 Å². The van der Waals surface area contributed by atoms with Crippen molar-refractivity contribution in [2.45, 2.75) is 38.3 Å². The molecule has 0 saturated carbocycles. The minimum Gasteiger partial charge on any atom is -0.497 e. The maximum atomic E-state index is 13.3. The molecule has 1 aliphatic heterocycles. The summed E-state index contributed by atoms with van der Waals surface area (Å²) in [4.78, 5) is 15.2. The van der Waals surface area contributed by atoms with E-state index in [0.717, 1.165) is 37.0 Å². The summed E-state index contributed by atoms with van der Waals surface area (Å²) in [6.45, 7) is -2.33. The highest BCUT2D eigenvalue weighted by molar-refractivity contribution is 5.95. The van der Waals surface area contributed by atoms with Gasteiger partial charge in [0.25, 0.3) is 5.91 Å². The molecule has 29 heavy (non-hydrogen) atoms. The molecule has 0 bridgehead atoms. The van der Waals surface area contributed by atoms with Gasteiger partial charge in [-0.3, -0.25) is 4.79 Å². The quantitative estimate of drug-likeness (QED) is 0.674. The first-order chi connectivity index (χ1) is 14.0. The van der Waals surface area contributed by atoms with Gasteiger partial charge in [0.15, 0.2) is 11.5 Å². The van der Waals surface area contributed by atoms with Gasteiger partial charge in [0.2, 0.25) is 0 Å². The van der Waals surface area contributed by atoms with E-state index < -0.39 is 6.61 Å². The number of benzene rings is 2. The maximum Gasteiger partial charge on any atom is 0.387 e. The van der Waals surface area contributed by atoms with Gasteiger partial charge < -0.3 is 19.1 Å². The van der Waals surface area contributed by atoms with E-state index in [4.69, 9.17) is 9.47 Å². The largest absolute Gasteiger partial charge is 0.497 e. The zero-order chi connectivity index (χ0) is 20.8.